The Bertz CT molecular complexity index is 729. The summed E-state index contributed by atoms with van der Waals surface area (Å²) in [5.74, 6) is -1.61. The molecule has 2 amide bonds. The quantitative estimate of drug-likeness (QED) is 0.502. The third kappa shape index (κ3) is 4.82. The largest absolute Gasteiger partial charge is 0.329 e. The number of aryl methyl sites for hydroxylation is 1. The van der Waals surface area contributed by atoms with Gasteiger partial charge < -0.3 is 5.32 Å². The molecule has 0 radical (unpaired) electrons. The van der Waals surface area contributed by atoms with Gasteiger partial charge in [0, 0.05) is 10.2 Å². The predicted molar refractivity (Wildman–Crippen MR) is 89.7 cm³/mol. The van der Waals surface area contributed by atoms with E-state index in [1.54, 1.807) is 18.2 Å². The number of hydrogen-bond acceptors (Lipinski definition) is 3. The fourth-order valence-electron chi connectivity index (χ4n) is 1.72. The lowest BCUT2D eigenvalue weighted by molar-refractivity contribution is -0.136. The van der Waals surface area contributed by atoms with Gasteiger partial charge in [-0.05, 0) is 30.7 Å². The number of nitrogens with one attached hydrogen (secondary N) is 2. The van der Waals surface area contributed by atoms with Crippen molar-refractivity contribution in [3.63, 3.8) is 0 Å². The highest BCUT2D eigenvalue weighted by atomic mass is 79.9. The smallest absolute Gasteiger partial charge is 0.318 e. The third-order valence-electron chi connectivity index (χ3n) is 2.71. The van der Waals surface area contributed by atoms with E-state index < -0.39 is 11.8 Å². The molecule has 0 aliphatic rings. The second-order valence-corrected chi connectivity index (χ2v) is 5.49. The zero-order valence-corrected chi connectivity index (χ0v) is 13.4. The van der Waals surface area contributed by atoms with Crippen LogP contribution in [0.25, 0.3) is 0 Å². The molecule has 0 atom stereocenters. The Kier molecular flexibility index (Phi) is 5.43. The van der Waals surface area contributed by atoms with Gasteiger partial charge in [-0.3, -0.25) is 9.59 Å². The van der Waals surface area contributed by atoms with Crippen molar-refractivity contribution in [1.29, 1.82) is 0 Å². The summed E-state index contributed by atoms with van der Waals surface area (Å²) in [7, 11) is 0. The van der Waals surface area contributed by atoms with Gasteiger partial charge in [0.2, 0.25) is 0 Å². The molecular weight excluding hydrogens is 346 g/mol. The van der Waals surface area contributed by atoms with E-state index in [-0.39, 0.29) is 0 Å². The van der Waals surface area contributed by atoms with Gasteiger partial charge in [0.1, 0.15) is 0 Å². The average Bonchev–Trinajstić information content (AvgIpc) is 2.47. The van der Waals surface area contributed by atoms with E-state index in [0.29, 0.717) is 5.69 Å². The van der Waals surface area contributed by atoms with Crippen molar-refractivity contribution in [2.75, 3.05) is 5.32 Å². The fraction of sp³-hybridized carbons (Fsp3) is 0.0625. The molecule has 2 N–H and O–H groups in total. The number of hydrogen-bond donors (Lipinski definition) is 2. The first-order chi connectivity index (χ1) is 10.5. The summed E-state index contributed by atoms with van der Waals surface area (Å²) in [6.45, 7) is 1.96. The number of benzene rings is 2. The number of rotatable bonds is 3. The van der Waals surface area contributed by atoms with Crippen molar-refractivity contribution in [1.82, 2.24) is 5.43 Å². The molecule has 2 aromatic rings. The van der Waals surface area contributed by atoms with Crippen LogP contribution in [0.4, 0.5) is 5.69 Å². The maximum Gasteiger partial charge on any atom is 0.329 e. The normalized spacial score (nSPS) is 10.5. The van der Waals surface area contributed by atoms with Gasteiger partial charge in [0.25, 0.3) is 0 Å². The summed E-state index contributed by atoms with van der Waals surface area (Å²) in [5, 5.41) is 6.25. The molecule has 22 heavy (non-hydrogen) atoms. The molecule has 0 spiro atoms. The Labute approximate surface area is 136 Å². The standard InChI is InChI=1S/C16H14BrN3O2/c1-11-4-2-5-12(8-11)10-18-20-16(22)15(21)19-14-7-3-6-13(17)9-14/h2-10H,1H3,(H,19,21)(H,20,22)/b18-10+. The fourth-order valence-corrected chi connectivity index (χ4v) is 2.12. The first-order valence-electron chi connectivity index (χ1n) is 6.51. The van der Waals surface area contributed by atoms with Gasteiger partial charge in [0.15, 0.2) is 0 Å². The van der Waals surface area contributed by atoms with Crippen molar-refractivity contribution >= 4 is 39.6 Å². The minimum atomic E-state index is -0.830. The van der Waals surface area contributed by atoms with Gasteiger partial charge >= 0.3 is 11.8 Å². The Morgan fingerprint density at radius 3 is 2.59 bits per heavy atom. The lowest BCUT2D eigenvalue weighted by Crippen LogP contribution is -2.32. The molecule has 2 rings (SSSR count). The molecule has 0 saturated carbocycles. The second-order valence-electron chi connectivity index (χ2n) is 4.58. The van der Waals surface area contributed by atoms with Crippen LogP contribution in [0.15, 0.2) is 58.1 Å². The van der Waals surface area contributed by atoms with Crippen molar-refractivity contribution in [3.05, 3.63) is 64.1 Å². The van der Waals surface area contributed by atoms with E-state index in [0.717, 1.165) is 15.6 Å². The van der Waals surface area contributed by atoms with E-state index in [2.05, 4.69) is 31.8 Å². The van der Waals surface area contributed by atoms with Crippen LogP contribution >= 0.6 is 15.9 Å². The van der Waals surface area contributed by atoms with Crippen molar-refractivity contribution in [2.24, 2.45) is 5.10 Å². The second kappa shape index (κ2) is 7.51. The zero-order chi connectivity index (χ0) is 15.9. The summed E-state index contributed by atoms with van der Waals surface area (Å²) >= 11 is 3.29. The molecule has 0 aliphatic heterocycles. The molecule has 0 unspecified atom stereocenters. The molecule has 0 heterocycles. The van der Waals surface area contributed by atoms with Crippen LogP contribution in [0.2, 0.25) is 0 Å². The van der Waals surface area contributed by atoms with Crippen molar-refractivity contribution in [3.8, 4) is 0 Å². The van der Waals surface area contributed by atoms with Crippen LogP contribution in [0.1, 0.15) is 11.1 Å². The Balaban J connectivity index is 1.90. The first kappa shape index (κ1) is 15.9. The number of halogens is 1. The van der Waals surface area contributed by atoms with E-state index in [9.17, 15) is 9.59 Å². The van der Waals surface area contributed by atoms with Gasteiger partial charge in [0.05, 0.1) is 6.21 Å². The highest BCUT2D eigenvalue weighted by molar-refractivity contribution is 9.10. The topological polar surface area (TPSA) is 70.6 Å². The highest BCUT2D eigenvalue weighted by Crippen LogP contribution is 2.15. The molecule has 0 aliphatic carbocycles. The summed E-state index contributed by atoms with van der Waals surface area (Å²) < 4.78 is 0.808. The number of anilines is 1. The molecular formula is C16H14BrN3O2. The van der Waals surface area contributed by atoms with Crippen LogP contribution < -0.4 is 10.7 Å². The minimum Gasteiger partial charge on any atom is -0.318 e. The molecule has 6 heteroatoms. The molecule has 0 aromatic heterocycles. The summed E-state index contributed by atoms with van der Waals surface area (Å²) in [5.41, 5.74) is 4.64. The van der Waals surface area contributed by atoms with Crippen molar-refractivity contribution < 1.29 is 9.59 Å². The van der Waals surface area contributed by atoms with Crippen LogP contribution in [0.3, 0.4) is 0 Å². The lowest BCUT2D eigenvalue weighted by atomic mass is 10.2. The number of hydrazone groups is 1. The van der Waals surface area contributed by atoms with E-state index in [1.807, 2.05) is 37.3 Å². The monoisotopic (exact) mass is 359 g/mol. The van der Waals surface area contributed by atoms with Gasteiger partial charge in [-0.15, -0.1) is 0 Å². The highest BCUT2D eigenvalue weighted by Gasteiger charge is 2.12. The third-order valence-corrected chi connectivity index (χ3v) is 3.20. The van der Waals surface area contributed by atoms with Crippen LogP contribution in [0.5, 0.6) is 0 Å². The summed E-state index contributed by atoms with van der Waals surface area (Å²) in [4.78, 5) is 23.3. The van der Waals surface area contributed by atoms with E-state index >= 15 is 0 Å². The number of carbonyl (C=O) groups is 2. The van der Waals surface area contributed by atoms with Crippen molar-refractivity contribution in [2.45, 2.75) is 6.92 Å². The molecule has 0 saturated heterocycles. The Morgan fingerprint density at radius 1 is 1.09 bits per heavy atom. The van der Waals surface area contributed by atoms with Gasteiger partial charge in [-0.25, -0.2) is 5.43 Å². The van der Waals surface area contributed by atoms with Gasteiger partial charge in [-0.2, -0.15) is 5.10 Å². The zero-order valence-electron chi connectivity index (χ0n) is 11.8. The molecule has 5 nitrogen and oxygen atoms in total. The molecule has 2 aromatic carbocycles. The molecule has 112 valence electrons. The predicted octanol–water partition coefficient (Wildman–Crippen LogP) is 2.85. The first-order valence-corrected chi connectivity index (χ1v) is 7.30. The SMILES string of the molecule is Cc1cccc(/C=N/NC(=O)C(=O)Nc2cccc(Br)c2)c1. The minimum absolute atomic E-state index is 0.525. The van der Waals surface area contributed by atoms with Gasteiger partial charge in [-0.1, -0.05) is 51.8 Å². The maximum atomic E-state index is 11.7. The van der Waals surface area contributed by atoms with Crippen LogP contribution in [-0.2, 0) is 9.59 Å². The lowest BCUT2D eigenvalue weighted by Gasteiger charge is -2.04. The summed E-state index contributed by atoms with van der Waals surface area (Å²) in [6.07, 6.45) is 1.48. The molecule has 0 bridgehead atoms. The summed E-state index contributed by atoms with van der Waals surface area (Å²) in [6, 6.07) is 14.6. The van der Waals surface area contributed by atoms with Crippen LogP contribution in [-0.4, -0.2) is 18.0 Å². The van der Waals surface area contributed by atoms with E-state index in [4.69, 9.17) is 0 Å². The number of carbonyl (C=O) groups excluding carboxylic acids is 2. The Morgan fingerprint density at radius 2 is 1.86 bits per heavy atom. The number of nitrogens with zero attached hydrogens (tertiary/aromatic N) is 1. The van der Waals surface area contributed by atoms with E-state index in [1.165, 1.54) is 6.21 Å². The van der Waals surface area contributed by atoms with Crippen LogP contribution in [0, 0.1) is 6.92 Å². The number of amides is 2. The molecule has 0 fully saturated rings. The Hall–Kier alpha value is -2.47. The average molecular weight is 360 g/mol. The maximum absolute atomic E-state index is 11.7.